The van der Waals surface area contributed by atoms with Crippen LogP contribution >= 0.6 is 23.1 Å². The first-order valence-corrected chi connectivity index (χ1v) is 10.5. The predicted molar refractivity (Wildman–Crippen MR) is 110 cm³/mol. The molecule has 140 valence electrons. The SMILES string of the molecule is CCCCNC(=O)NC(=O)CSc1ncnc2scc(-c3ccccc3)c12. The smallest absolute Gasteiger partial charge is 0.321 e. The molecule has 0 atom stereocenters. The standard InChI is InChI=1S/C19H20N4O2S2/c1-2-3-9-20-19(25)23-15(24)11-27-18-16-14(13-7-5-4-6-8-13)10-26-17(16)21-12-22-18/h4-8,10,12H,2-3,9,11H2,1H3,(H2,20,23,24,25). The molecule has 1 aromatic carbocycles. The highest BCUT2D eigenvalue weighted by Crippen LogP contribution is 2.37. The van der Waals surface area contributed by atoms with E-state index in [0.29, 0.717) is 6.54 Å². The van der Waals surface area contributed by atoms with Crippen molar-refractivity contribution in [1.82, 2.24) is 20.6 Å². The molecule has 0 aliphatic rings. The van der Waals surface area contributed by atoms with Gasteiger partial charge in [-0.05, 0) is 12.0 Å². The highest BCUT2D eigenvalue weighted by molar-refractivity contribution is 8.00. The summed E-state index contributed by atoms with van der Waals surface area (Å²) < 4.78 is 0. The number of carbonyl (C=O) groups is 2. The molecular formula is C19H20N4O2S2. The monoisotopic (exact) mass is 400 g/mol. The van der Waals surface area contributed by atoms with Crippen LogP contribution in [0.25, 0.3) is 21.3 Å². The summed E-state index contributed by atoms with van der Waals surface area (Å²) in [5.74, 6) is -0.241. The third kappa shape index (κ3) is 5.05. The molecule has 0 saturated carbocycles. The molecule has 0 aliphatic carbocycles. The summed E-state index contributed by atoms with van der Waals surface area (Å²) in [6, 6.07) is 9.56. The summed E-state index contributed by atoms with van der Waals surface area (Å²) in [7, 11) is 0. The first-order chi connectivity index (χ1) is 13.2. The first kappa shape index (κ1) is 19.3. The topological polar surface area (TPSA) is 84.0 Å². The van der Waals surface area contributed by atoms with Gasteiger partial charge in [-0.25, -0.2) is 14.8 Å². The van der Waals surface area contributed by atoms with Crippen molar-refractivity contribution >= 4 is 45.3 Å². The van der Waals surface area contributed by atoms with Crippen LogP contribution < -0.4 is 10.6 Å². The van der Waals surface area contributed by atoms with Crippen LogP contribution in [-0.4, -0.2) is 34.2 Å². The van der Waals surface area contributed by atoms with Crippen LogP contribution in [0.15, 0.2) is 47.1 Å². The van der Waals surface area contributed by atoms with Crippen LogP contribution in [0.3, 0.4) is 0 Å². The molecule has 2 aromatic heterocycles. The van der Waals surface area contributed by atoms with Gasteiger partial charge >= 0.3 is 6.03 Å². The third-order valence-electron chi connectivity index (χ3n) is 3.83. The molecule has 27 heavy (non-hydrogen) atoms. The van der Waals surface area contributed by atoms with E-state index in [2.05, 4.69) is 26.0 Å². The number of nitrogens with zero attached hydrogens (tertiary/aromatic N) is 2. The number of rotatable bonds is 7. The minimum atomic E-state index is -0.456. The zero-order chi connectivity index (χ0) is 19.1. The van der Waals surface area contributed by atoms with Gasteiger partial charge in [0.15, 0.2) is 0 Å². The van der Waals surface area contributed by atoms with E-state index in [1.54, 1.807) is 11.3 Å². The molecule has 0 fully saturated rings. The van der Waals surface area contributed by atoms with Crippen molar-refractivity contribution in [3.8, 4) is 11.1 Å². The second kappa shape index (κ2) is 9.48. The molecular weight excluding hydrogens is 380 g/mol. The van der Waals surface area contributed by atoms with Crippen molar-refractivity contribution in [3.05, 3.63) is 42.0 Å². The summed E-state index contributed by atoms with van der Waals surface area (Å²) >= 11 is 2.86. The number of unbranched alkanes of at least 4 members (excludes halogenated alkanes) is 1. The van der Waals surface area contributed by atoms with Gasteiger partial charge in [-0.1, -0.05) is 55.4 Å². The average Bonchev–Trinajstić information content (AvgIpc) is 3.12. The van der Waals surface area contributed by atoms with Crippen molar-refractivity contribution < 1.29 is 9.59 Å². The van der Waals surface area contributed by atoms with E-state index in [9.17, 15) is 9.59 Å². The molecule has 0 saturated heterocycles. The number of imide groups is 1. The molecule has 3 aromatic rings. The van der Waals surface area contributed by atoms with E-state index >= 15 is 0 Å². The van der Waals surface area contributed by atoms with Gasteiger partial charge in [0, 0.05) is 17.5 Å². The summed E-state index contributed by atoms with van der Waals surface area (Å²) in [5, 5.41) is 8.75. The summed E-state index contributed by atoms with van der Waals surface area (Å²) in [4.78, 5) is 33.3. The fraction of sp³-hybridized carbons (Fsp3) is 0.263. The van der Waals surface area contributed by atoms with Gasteiger partial charge < -0.3 is 5.32 Å². The number of benzene rings is 1. The molecule has 0 aliphatic heterocycles. The van der Waals surface area contributed by atoms with Crippen LogP contribution in [0, 0.1) is 0 Å². The minimum absolute atomic E-state index is 0.109. The molecule has 0 bridgehead atoms. The predicted octanol–water partition coefficient (Wildman–Crippen LogP) is 4.08. The lowest BCUT2D eigenvalue weighted by molar-refractivity contribution is -0.117. The zero-order valence-corrected chi connectivity index (χ0v) is 16.5. The van der Waals surface area contributed by atoms with Gasteiger partial charge in [-0.2, -0.15) is 0 Å². The van der Waals surface area contributed by atoms with Crippen molar-refractivity contribution in [1.29, 1.82) is 0 Å². The van der Waals surface area contributed by atoms with Crippen molar-refractivity contribution in [2.24, 2.45) is 0 Å². The lowest BCUT2D eigenvalue weighted by atomic mass is 10.1. The lowest BCUT2D eigenvalue weighted by Gasteiger charge is -2.07. The van der Waals surface area contributed by atoms with Crippen molar-refractivity contribution in [2.45, 2.75) is 24.8 Å². The highest BCUT2D eigenvalue weighted by Gasteiger charge is 2.15. The minimum Gasteiger partial charge on any atom is -0.338 e. The molecule has 0 radical (unpaired) electrons. The van der Waals surface area contributed by atoms with Gasteiger partial charge in [0.25, 0.3) is 0 Å². The first-order valence-electron chi connectivity index (χ1n) is 8.67. The van der Waals surface area contributed by atoms with Crippen LogP contribution in [0.1, 0.15) is 19.8 Å². The number of nitrogens with one attached hydrogen (secondary N) is 2. The normalized spacial score (nSPS) is 10.7. The number of hydrogen-bond acceptors (Lipinski definition) is 6. The number of amides is 3. The Bertz CT molecular complexity index is 928. The summed E-state index contributed by atoms with van der Waals surface area (Å²) in [6.45, 7) is 2.60. The summed E-state index contributed by atoms with van der Waals surface area (Å²) in [6.07, 6.45) is 3.37. The molecule has 0 spiro atoms. The Kier molecular flexibility index (Phi) is 6.78. The maximum atomic E-state index is 12.1. The van der Waals surface area contributed by atoms with Crippen LogP contribution in [0.2, 0.25) is 0 Å². The Morgan fingerprint density at radius 3 is 2.78 bits per heavy atom. The van der Waals surface area contributed by atoms with E-state index in [0.717, 1.165) is 39.2 Å². The fourth-order valence-corrected chi connectivity index (χ4v) is 4.30. The quantitative estimate of drug-likeness (QED) is 0.355. The number of thiophene rings is 1. The van der Waals surface area contributed by atoms with E-state index in [1.165, 1.54) is 18.1 Å². The van der Waals surface area contributed by atoms with Crippen LogP contribution in [-0.2, 0) is 4.79 Å². The zero-order valence-electron chi connectivity index (χ0n) is 14.9. The maximum Gasteiger partial charge on any atom is 0.321 e. The van der Waals surface area contributed by atoms with Crippen molar-refractivity contribution in [2.75, 3.05) is 12.3 Å². The highest BCUT2D eigenvalue weighted by atomic mass is 32.2. The molecule has 2 N–H and O–H groups in total. The molecule has 6 nitrogen and oxygen atoms in total. The molecule has 8 heteroatoms. The van der Waals surface area contributed by atoms with Gasteiger partial charge in [-0.3, -0.25) is 10.1 Å². The Morgan fingerprint density at radius 2 is 2.00 bits per heavy atom. The van der Waals surface area contributed by atoms with Crippen LogP contribution in [0.4, 0.5) is 4.79 Å². The van der Waals surface area contributed by atoms with E-state index < -0.39 is 6.03 Å². The lowest BCUT2D eigenvalue weighted by Crippen LogP contribution is -2.40. The Balaban J connectivity index is 1.69. The van der Waals surface area contributed by atoms with E-state index in [-0.39, 0.29) is 11.7 Å². The molecule has 3 amide bonds. The van der Waals surface area contributed by atoms with Gasteiger partial charge in [0.05, 0.1) is 11.1 Å². The Labute approximate surface area is 165 Å². The number of carbonyl (C=O) groups excluding carboxylic acids is 2. The number of aromatic nitrogens is 2. The van der Waals surface area contributed by atoms with E-state index in [1.807, 2.05) is 37.3 Å². The number of fused-ring (bicyclic) bond motifs is 1. The van der Waals surface area contributed by atoms with Crippen molar-refractivity contribution in [3.63, 3.8) is 0 Å². The van der Waals surface area contributed by atoms with Crippen LogP contribution in [0.5, 0.6) is 0 Å². The fourth-order valence-electron chi connectivity index (χ4n) is 2.51. The van der Waals surface area contributed by atoms with E-state index in [4.69, 9.17) is 0 Å². The Hall–Kier alpha value is -2.45. The molecule has 2 heterocycles. The second-order valence-electron chi connectivity index (χ2n) is 5.82. The van der Waals surface area contributed by atoms with Gasteiger partial charge in [0.2, 0.25) is 5.91 Å². The number of hydrogen-bond donors (Lipinski definition) is 2. The third-order valence-corrected chi connectivity index (χ3v) is 5.70. The largest absolute Gasteiger partial charge is 0.338 e. The summed E-state index contributed by atoms with van der Waals surface area (Å²) in [5.41, 5.74) is 2.14. The molecule has 0 unspecified atom stereocenters. The Morgan fingerprint density at radius 1 is 1.19 bits per heavy atom. The maximum absolute atomic E-state index is 12.1. The number of urea groups is 1. The second-order valence-corrected chi connectivity index (χ2v) is 7.64. The molecule has 3 rings (SSSR count). The van der Waals surface area contributed by atoms with Gasteiger partial charge in [-0.15, -0.1) is 11.3 Å². The number of thioether (sulfide) groups is 1. The van der Waals surface area contributed by atoms with Gasteiger partial charge in [0.1, 0.15) is 16.2 Å². The average molecular weight is 401 g/mol.